The Labute approximate surface area is 404 Å². The largest absolute Gasteiger partial charge is 1.00 e. The summed E-state index contributed by atoms with van der Waals surface area (Å²) in [6.45, 7) is 19.5. The average Bonchev–Trinajstić information content (AvgIpc) is 3.87. The summed E-state index contributed by atoms with van der Waals surface area (Å²) in [6, 6.07) is 41.6. The fourth-order valence-corrected chi connectivity index (χ4v) is 31.0. The third-order valence-corrected chi connectivity index (χ3v) is 29.6. The van der Waals surface area contributed by atoms with Gasteiger partial charge in [-0.05, 0) is 0 Å². The van der Waals surface area contributed by atoms with E-state index in [0.29, 0.717) is 7.25 Å². The van der Waals surface area contributed by atoms with Gasteiger partial charge in [0.05, 0.1) is 0 Å². The molecule has 0 N–H and O–H groups in total. The monoisotopic (exact) mass is 966 g/mol. The third-order valence-electron chi connectivity index (χ3n) is 16.6. The van der Waals surface area contributed by atoms with Crippen LogP contribution in [0.3, 0.4) is 0 Å². The minimum atomic E-state index is -3.15. The van der Waals surface area contributed by atoms with Crippen LogP contribution in [-0.2, 0) is 20.3 Å². The first-order valence-electron chi connectivity index (χ1n) is 24.2. The van der Waals surface area contributed by atoms with Gasteiger partial charge in [0.15, 0.2) is 0 Å². The Bertz CT molecular complexity index is 3070. The van der Waals surface area contributed by atoms with E-state index in [4.69, 9.17) is 0 Å². The molecule has 3 aliphatic rings. The third kappa shape index (κ3) is 7.00. The van der Waals surface area contributed by atoms with Gasteiger partial charge in [-0.3, -0.25) is 0 Å². The molecule has 2 atom stereocenters. The van der Waals surface area contributed by atoms with Crippen molar-refractivity contribution in [3.63, 3.8) is 0 Å². The first kappa shape index (κ1) is 45.9. The van der Waals surface area contributed by atoms with Crippen molar-refractivity contribution < 1.29 is 45.1 Å². The molecule has 65 heavy (non-hydrogen) atoms. The van der Waals surface area contributed by atoms with Gasteiger partial charge >= 0.3 is 383 Å². The number of benzene rings is 8. The number of fused-ring (bicyclic) bond motifs is 8. The Morgan fingerprint density at radius 3 is 1.15 bits per heavy atom. The maximum Gasteiger partial charge on any atom is -1.00 e. The summed E-state index contributed by atoms with van der Waals surface area (Å²) >= 11 is -3.15. The minimum Gasteiger partial charge on any atom is -1.00 e. The quantitative estimate of drug-likeness (QED) is 0.120. The summed E-state index contributed by atoms with van der Waals surface area (Å²) in [5.41, 5.74) is 25.0. The van der Waals surface area contributed by atoms with Gasteiger partial charge in [-0.25, -0.2) is 0 Å². The molecule has 8 aromatic carbocycles. The molecular formula is C62H62Cl2Zr. The number of allylic oxidation sites excluding steroid dienone is 2. The van der Waals surface area contributed by atoms with E-state index in [9.17, 15) is 0 Å². The van der Waals surface area contributed by atoms with Crippen molar-refractivity contribution in [2.24, 2.45) is 0 Å². The van der Waals surface area contributed by atoms with Crippen molar-refractivity contribution in [1.82, 2.24) is 0 Å². The molecule has 1 fully saturated rings. The molecule has 11 rings (SSSR count). The zero-order valence-corrected chi connectivity index (χ0v) is 43.6. The van der Waals surface area contributed by atoms with E-state index in [1.165, 1.54) is 134 Å². The molecule has 0 bridgehead atoms. The Morgan fingerprint density at radius 1 is 0.431 bits per heavy atom. The molecule has 3 heteroatoms. The first-order chi connectivity index (χ1) is 30.7. The van der Waals surface area contributed by atoms with E-state index in [-0.39, 0.29) is 24.8 Å². The summed E-state index contributed by atoms with van der Waals surface area (Å²) in [7, 11) is 0. The normalized spacial score (nSPS) is 16.4. The minimum absolute atomic E-state index is 0. The van der Waals surface area contributed by atoms with Gasteiger partial charge in [-0.2, -0.15) is 0 Å². The van der Waals surface area contributed by atoms with Gasteiger partial charge in [0.2, 0.25) is 0 Å². The average molecular weight is 969 g/mol. The van der Waals surface area contributed by atoms with Crippen LogP contribution in [-0.4, -0.2) is 0 Å². The fraction of sp³-hybridized carbons (Fsp3) is 0.290. The molecule has 2 unspecified atom stereocenters. The number of hydrogen-bond donors (Lipinski definition) is 0. The van der Waals surface area contributed by atoms with Crippen LogP contribution in [0.15, 0.2) is 120 Å². The summed E-state index contributed by atoms with van der Waals surface area (Å²) in [5.74, 6) is 0. The maximum absolute atomic E-state index is 3.15. The van der Waals surface area contributed by atoms with Gasteiger partial charge in [0.25, 0.3) is 0 Å². The molecule has 0 aromatic heterocycles. The Balaban J connectivity index is 0.00000266. The SMILES string of the molecule is CCCCC1=Cc2c(-c3cc4ccccc4c4ccccc34)c(C)c(C)c(C)c2[CH]1[Zr+2]1([CH]2C(CCCC)=Cc3c(-c4cc5ccccc5c5ccccc45)c(C)c(C)c(C)c32)[CH2][CH2]1.[Cl-].[Cl-]. The molecular weight excluding hydrogens is 907 g/mol. The summed E-state index contributed by atoms with van der Waals surface area (Å²) in [4.78, 5) is 0. The van der Waals surface area contributed by atoms with E-state index in [2.05, 4.69) is 177 Å². The molecule has 0 radical (unpaired) electrons. The summed E-state index contributed by atoms with van der Waals surface area (Å²) < 4.78 is 4.18. The van der Waals surface area contributed by atoms with Crippen LogP contribution in [0.25, 0.3) is 77.5 Å². The second-order valence-corrected chi connectivity index (χ2v) is 31.1. The van der Waals surface area contributed by atoms with Crippen LogP contribution in [0.1, 0.15) is 115 Å². The molecule has 8 aromatic rings. The number of hydrogen-bond acceptors (Lipinski definition) is 0. The molecule has 0 nitrogen and oxygen atoms in total. The van der Waals surface area contributed by atoms with Gasteiger partial charge in [0, 0.05) is 0 Å². The second kappa shape index (κ2) is 17.8. The molecule has 0 spiro atoms. The second-order valence-electron chi connectivity index (χ2n) is 19.8. The first-order valence-corrected chi connectivity index (χ1v) is 30.5. The molecule has 328 valence electrons. The Kier molecular flexibility index (Phi) is 12.5. The smallest absolute Gasteiger partial charge is 1.00 e. The van der Waals surface area contributed by atoms with Crippen molar-refractivity contribution >= 4 is 55.2 Å². The van der Waals surface area contributed by atoms with Crippen molar-refractivity contribution in [1.29, 1.82) is 0 Å². The van der Waals surface area contributed by atoms with Gasteiger partial charge < -0.3 is 24.8 Å². The van der Waals surface area contributed by atoms with Crippen LogP contribution >= 0.6 is 0 Å². The Morgan fingerprint density at radius 2 is 0.785 bits per heavy atom. The van der Waals surface area contributed by atoms with Crippen LogP contribution in [0, 0.1) is 41.5 Å². The summed E-state index contributed by atoms with van der Waals surface area (Å²) in [5, 5.41) is 10.9. The van der Waals surface area contributed by atoms with Crippen LogP contribution in [0.2, 0.25) is 8.26 Å². The number of unbranched alkanes of at least 4 members (excludes halogenated alkanes) is 2. The predicted octanol–water partition coefficient (Wildman–Crippen LogP) is 12.5. The van der Waals surface area contributed by atoms with E-state index >= 15 is 0 Å². The van der Waals surface area contributed by atoms with Crippen LogP contribution < -0.4 is 24.8 Å². The maximum atomic E-state index is 2.79. The van der Waals surface area contributed by atoms with Gasteiger partial charge in [0.1, 0.15) is 0 Å². The van der Waals surface area contributed by atoms with Gasteiger partial charge in [-0.1, -0.05) is 0 Å². The number of halogens is 2. The van der Waals surface area contributed by atoms with E-state index in [1.54, 1.807) is 44.5 Å². The van der Waals surface area contributed by atoms with E-state index in [0.717, 1.165) is 0 Å². The zero-order valence-electron chi connectivity index (χ0n) is 39.6. The van der Waals surface area contributed by atoms with E-state index < -0.39 is 20.3 Å². The van der Waals surface area contributed by atoms with Crippen molar-refractivity contribution in [2.45, 2.75) is 109 Å². The number of rotatable bonds is 10. The fourth-order valence-electron chi connectivity index (χ4n) is 13.0. The molecule has 1 aliphatic heterocycles. The van der Waals surface area contributed by atoms with Crippen molar-refractivity contribution in [2.75, 3.05) is 0 Å². The topological polar surface area (TPSA) is 0 Å². The standard InChI is InChI=1S/2C30H29.C2H4.2ClH.Zr/c2*1-5-6-11-22-16-27-20(3)19(2)21(4)30(28(27)17-22)29-18-23-12-7-8-13-24(23)25-14-9-10-15-26(25)29;1-2;;;/h2*7-10,12-18H,5-6,11H2,1-4H3;1-2H2;2*1H;/q;;;;;+2/p-2. The molecule has 0 saturated carbocycles. The molecule has 1 heterocycles. The van der Waals surface area contributed by atoms with Crippen LogP contribution in [0.4, 0.5) is 0 Å². The summed E-state index contributed by atoms with van der Waals surface area (Å²) in [6.07, 6.45) is 13.0. The van der Waals surface area contributed by atoms with Crippen molar-refractivity contribution in [3.05, 3.63) is 176 Å². The van der Waals surface area contributed by atoms with E-state index in [1.807, 2.05) is 0 Å². The Hall–Kier alpha value is -4.26. The molecule has 1 saturated heterocycles. The van der Waals surface area contributed by atoms with Crippen molar-refractivity contribution in [3.8, 4) is 22.3 Å². The zero-order chi connectivity index (χ0) is 43.3. The van der Waals surface area contributed by atoms with Crippen LogP contribution in [0.5, 0.6) is 0 Å². The van der Waals surface area contributed by atoms with Gasteiger partial charge in [-0.15, -0.1) is 0 Å². The predicted molar refractivity (Wildman–Crippen MR) is 272 cm³/mol. The molecule has 0 amide bonds. The molecule has 2 aliphatic carbocycles.